The van der Waals surface area contributed by atoms with Gasteiger partial charge in [0.15, 0.2) is 0 Å². The summed E-state index contributed by atoms with van der Waals surface area (Å²) < 4.78 is 0. The van der Waals surface area contributed by atoms with Gasteiger partial charge in [0.2, 0.25) is 11.8 Å². The fourth-order valence-corrected chi connectivity index (χ4v) is 2.62. The molecule has 0 aliphatic carbocycles. The van der Waals surface area contributed by atoms with Crippen molar-refractivity contribution in [2.45, 2.75) is 24.9 Å². The number of piperazine rings is 1. The first-order valence-electron chi connectivity index (χ1n) is 6.53. The fourth-order valence-electron chi connectivity index (χ4n) is 2.62. The minimum absolute atomic E-state index is 0.0425. The van der Waals surface area contributed by atoms with Gasteiger partial charge in [-0.05, 0) is 26.4 Å². The molecule has 2 atom stereocenters. The van der Waals surface area contributed by atoms with Crippen LogP contribution in [0.25, 0.3) is 0 Å². The number of rotatable bonds is 2. The van der Waals surface area contributed by atoms with Gasteiger partial charge < -0.3 is 15.1 Å². The van der Waals surface area contributed by atoms with Gasteiger partial charge in [0.05, 0.1) is 6.54 Å². The largest absolute Gasteiger partial charge is 0.353 e. The van der Waals surface area contributed by atoms with Crippen LogP contribution in [0.4, 0.5) is 0 Å². The van der Waals surface area contributed by atoms with Gasteiger partial charge >= 0.3 is 0 Å². The summed E-state index contributed by atoms with van der Waals surface area (Å²) in [5, 5.41) is 5.70. The highest BCUT2D eigenvalue weighted by Gasteiger charge is 2.31. The zero-order valence-corrected chi connectivity index (χ0v) is 11.1. The van der Waals surface area contributed by atoms with Crippen LogP contribution in [0.2, 0.25) is 0 Å². The van der Waals surface area contributed by atoms with Crippen molar-refractivity contribution in [3.05, 3.63) is 0 Å². The van der Waals surface area contributed by atoms with E-state index in [-0.39, 0.29) is 30.4 Å². The molecule has 102 valence electrons. The van der Waals surface area contributed by atoms with E-state index in [1.807, 2.05) is 11.9 Å². The van der Waals surface area contributed by atoms with Crippen LogP contribution in [-0.2, 0) is 9.59 Å². The monoisotopic (exact) mass is 254 g/mol. The third-order valence-corrected chi connectivity index (χ3v) is 3.81. The predicted molar refractivity (Wildman–Crippen MR) is 68.1 cm³/mol. The van der Waals surface area contributed by atoms with Crippen molar-refractivity contribution >= 4 is 11.8 Å². The van der Waals surface area contributed by atoms with Gasteiger partial charge in [-0.2, -0.15) is 0 Å². The molecule has 2 aliphatic rings. The van der Waals surface area contributed by atoms with E-state index in [2.05, 4.69) is 22.6 Å². The number of piperidine rings is 1. The second-order valence-corrected chi connectivity index (χ2v) is 5.25. The highest BCUT2D eigenvalue weighted by atomic mass is 16.2. The fraction of sp³-hybridized carbons (Fsp3) is 0.833. The lowest BCUT2D eigenvalue weighted by molar-refractivity contribution is -0.136. The second kappa shape index (κ2) is 5.67. The molecule has 2 aliphatic heterocycles. The Bertz CT molecular complexity index is 324. The standard InChI is InChI=1S/C12H22N4O2/c1-15-5-3-4-9(8-15)16(2)12(18)10-6-14-11(17)7-13-10/h9-10,13H,3-8H2,1-2H3,(H,14,17). The first-order valence-corrected chi connectivity index (χ1v) is 6.53. The minimum atomic E-state index is -0.278. The van der Waals surface area contributed by atoms with Crippen molar-refractivity contribution in [1.82, 2.24) is 20.4 Å². The van der Waals surface area contributed by atoms with Gasteiger partial charge in [0.1, 0.15) is 6.04 Å². The lowest BCUT2D eigenvalue weighted by Gasteiger charge is -2.38. The maximum absolute atomic E-state index is 12.3. The number of likely N-dealkylation sites (tertiary alicyclic amines) is 1. The lowest BCUT2D eigenvalue weighted by atomic mass is 10.0. The van der Waals surface area contributed by atoms with Gasteiger partial charge in [-0.25, -0.2) is 0 Å². The Morgan fingerprint density at radius 1 is 1.50 bits per heavy atom. The number of hydrogen-bond acceptors (Lipinski definition) is 4. The molecule has 2 N–H and O–H groups in total. The molecule has 6 nitrogen and oxygen atoms in total. The van der Waals surface area contributed by atoms with E-state index in [9.17, 15) is 9.59 Å². The van der Waals surface area contributed by atoms with E-state index in [0.717, 1.165) is 25.9 Å². The van der Waals surface area contributed by atoms with Crippen molar-refractivity contribution < 1.29 is 9.59 Å². The maximum Gasteiger partial charge on any atom is 0.241 e. The van der Waals surface area contributed by atoms with Crippen LogP contribution in [0.3, 0.4) is 0 Å². The number of hydrogen-bond donors (Lipinski definition) is 2. The molecule has 2 fully saturated rings. The molecule has 0 aromatic heterocycles. The van der Waals surface area contributed by atoms with Crippen molar-refractivity contribution in [3.63, 3.8) is 0 Å². The lowest BCUT2D eigenvalue weighted by Crippen LogP contribution is -2.60. The van der Waals surface area contributed by atoms with Crippen LogP contribution in [0, 0.1) is 0 Å². The number of carbonyl (C=O) groups is 2. The summed E-state index contributed by atoms with van der Waals surface area (Å²) in [6.45, 7) is 2.66. The molecule has 6 heteroatoms. The van der Waals surface area contributed by atoms with Crippen molar-refractivity contribution in [2.75, 3.05) is 40.3 Å². The maximum atomic E-state index is 12.3. The highest BCUT2D eigenvalue weighted by Crippen LogP contribution is 2.14. The van der Waals surface area contributed by atoms with Gasteiger partial charge in [0.25, 0.3) is 0 Å². The molecule has 0 aromatic rings. The summed E-state index contributed by atoms with van der Waals surface area (Å²) >= 11 is 0. The Hall–Kier alpha value is -1.14. The third kappa shape index (κ3) is 3.00. The van der Waals surface area contributed by atoms with E-state index in [4.69, 9.17) is 0 Å². The Morgan fingerprint density at radius 3 is 2.89 bits per heavy atom. The van der Waals surface area contributed by atoms with Crippen molar-refractivity contribution in [2.24, 2.45) is 0 Å². The minimum Gasteiger partial charge on any atom is -0.353 e. The first-order chi connectivity index (χ1) is 8.58. The predicted octanol–water partition coefficient (Wildman–Crippen LogP) is -1.37. The molecule has 0 radical (unpaired) electrons. The molecule has 18 heavy (non-hydrogen) atoms. The number of carbonyl (C=O) groups excluding carboxylic acids is 2. The van der Waals surface area contributed by atoms with Crippen molar-refractivity contribution in [1.29, 1.82) is 0 Å². The Kier molecular flexibility index (Phi) is 4.19. The van der Waals surface area contributed by atoms with E-state index >= 15 is 0 Å². The van der Waals surface area contributed by atoms with Crippen LogP contribution in [0.1, 0.15) is 12.8 Å². The molecule has 2 saturated heterocycles. The smallest absolute Gasteiger partial charge is 0.241 e. The zero-order valence-electron chi connectivity index (χ0n) is 11.1. The summed E-state index contributed by atoms with van der Waals surface area (Å²) in [7, 11) is 3.95. The number of amides is 2. The highest BCUT2D eigenvalue weighted by molar-refractivity contribution is 5.86. The molecular formula is C12H22N4O2. The average Bonchev–Trinajstić information content (AvgIpc) is 2.38. The molecule has 0 spiro atoms. The molecular weight excluding hydrogens is 232 g/mol. The Balaban J connectivity index is 1.89. The SMILES string of the molecule is CN1CCCC(N(C)C(=O)C2CNC(=O)CN2)C1. The molecule has 0 saturated carbocycles. The normalized spacial score (nSPS) is 29.8. The van der Waals surface area contributed by atoms with Crippen LogP contribution in [0.15, 0.2) is 0 Å². The van der Waals surface area contributed by atoms with Crippen LogP contribution in [-0.4, -0.2) is 74.0 Å². The van der Waals surface area contributed by atoms with Gasteiger partial charge in [-0.3, -0.25) is 14.9 Å². The quantitative estimate of drug-likeness (QED) is 0.638. The van der Waals surface area contributed by atoms with E-state index in [0.29, 0.717) is 6.54 Å². The van der Waals surface area contributed by atoms with Gasteiger partial charge in [0, 0.05) is 26.2 Å². The second-order valence-electron chi connectivity index (χ2n) is 5.25. The molecule has 0 bridgehead atoms. The number of nitrogens with one attached hydrogen (secondary N) is 2. The van der Waals surface area contributed by atoms with Crippen LogP contribution >= 0.6 is 0 Å². The number of likely N-dealkylation sites (N-methyl/N-ethyl adjacent to an activating group) is 2. The van der Waals surface area contributed by atoms with Crippen LogP contribution in [0.5, 0.6) is 0 Å². The van der Waals surface area contributed by atoms with Gasteiger partial charge in [-0.1, -0.05) is 0 Å². The summed E-state index contributed by atoms with van der Waals surface area (Å²) in [5.74, 6) is 0.0365. The van der Waals surface area contributed by atoms with Crippen molar-refractivity contribution in [3.8, 4) is 0 Å². The molecule has 2 unspecified atom stereocenters. The zero-order chi connectivity index (χ0) is 13.1. The average molecular weight is 254 g/mol. The first kappa shape index (κ1) is 13.3. The summed E-state index contributed by atoms with van der Waals surface area (Å²) in [6, 6.07) is 0.00982. The third-order valence-electron chi connectivity index (χ3n) is 3.81. The molecule has 2 heterocycles. The topological polar surface area (TPSA) is 64.7 Å². The van der Waals surface area contributed by atoms with E-state index in [1.165, 1.54) is 0 Å². The number of nitrogens with zero attached hydrogens (tertiary/aromatic N) is 2. The molecule has 2 rings (SSSR count). The summed E-state index contributed by atoms with van der Waals surface area (Å²) in [6.07, 6.45) is 2.19. The van der Waals surface area contributed by atoms with E-state index < -0.39 is 0 Å². The Morgan fingerprint density at radius 2 is 2.28 bits per heavy atom. The van der Waals surface area contributed by atoms with Gasteiger partial charge in [-0.15, -0.1) is 0 Å². The summed E-state index contributed by atoms with van der Waals surface area (Å²) in [4.78, 5) is 27.4. The Labute approximate surface area is 108 Å². The molecule has 2 amide bonds. The van der Waals surface area contributed by atoms with E-state index in [1.54, 1.807) is 0 Å². The molecule has 0 aromatic carbocycles. The van der Waals surface area contributed by atoms with Crippen LogP contribution < -0.4 is 10.6 Å². The summed E-state index contributed by atoms with van der Waals surface area (Å²) in [5.41, 5.74) is 0.